The van der Waals surface area contributed by atoms with E-state index in [1.807, 2.05) is 37.0 Å². The van der Waals surface area contributed by atoms with E-state index >= 15 is 0 Å². The van der Waals surface area contributed by atoms with Crippen LogP contribution >= 0.6 is 35.3 Å². The van der Waals surface area contributed by atoms with Crippen LogP contribution in [-0.2, 0) is 11.8 Å². The number of aliphatic imine (C=N–C) groups is 1. The van der Waals surface area contributed by atoms with Crippen molar-refractivity contribution in [2.45, 2.75) is 19.4 Å². The van der Waals surface area contributed by atoms with Crippen LogP contribution in [0, 0.1) is 0 Å². The Kier molecular flexibility index (Phi) is 9.88. The van der Waals surface area contributed by atoms with Gasteiger partial charge in [-0.25, -0.2) is 0 Å². The molecule has 1 aliphatic rings. The number of amides is 1. The standard InChI is InChI=1S/C19H28N6O2S.HI/c1-3-20-19(22-8-5-7-21-18(26)17-6-4-11-28-17)25-9-10-27-16(14-25)15-12-23-24(2)13-15;/h4,6,11-13,16H,3,5,7-10,14H2,1-2H3,(H,20,22)(H,21,26);1H. The molecule has 2 aromatic rings. The maximum absolute atomic E-state index is 11.9. The fourth-order valence-electron chi connectivity index (χ4n) is 3.04. The minimum Gasteiger partial charge on any atom is -0.370 e. The average Bonchev–Trinajstić information content (AvgIpc) is 3.39. The topological polar surface area (TPSA) is 83.8 Å². The molecule has 3 heterocycles. The zero-order chi connectivity index (χ0) is 19.8. The number of carbonyl (C=O) groups is 1. The summed E-state index contributed by atoms with van der Waals surface area (Å²) in [5.41, 5.74) is 1.08. The molecule has 3 rings (SSSR count). The normalized spacial score (nSPS) is 17.0. The molecule has 1 unspecified atom stereocenters. The lowest BCUT2D eigenvalue weighted by atomic mass is 10.1. The lowest BCUT2D eigenvalue weighted by molar-refractivity contribution is -0.00804. The van der Waals surface area contributed by atoms with Gasteiger partial charge < -0.3 is 20.3 Å². The second-order valence-electron chi connectivity index (χ2n) is 6.58. The molecule has 10 heteroatoms. The molecule has 0 spiro atoms. The van der Waals surface area contributed by atoms with Gasteiger partial charge in [0.15, 0.2) is 5.96 Å². The number of nitrogens with one attached hydrogen (secondary N) is 2. The molecule has 1 amide bonds. The van der Waals surface area contributed by atoms with E-state index in [-0.39, 0.29) is 36.0 Å². The summed E-state index contributed by atoms with van der Waals surface area (Å²) in [5.74, 6) is 0.877. The highest BCUT2D eigenvalue weighted by Gasteiger charge is 2.25. The van der Waals surface area contributed by atoms with Crippen LogP contribution in [0.2, 0.25) is 0 Å². The van der Waals surface area contributed by atoms with Crippen molar-refractivity contribution in [3.05, 3.63) is 40.3 Å². The number of hydrogen-bond donors (Lipinski definition) is 2. The second-order valence-corrected chi connectivity index (χ2v) is 7.52. The van der Waals surface area contributed by atoms with Crippen molar-refractivity contribution >= 4 is 47.2 Å². The van der Waals surface area contributed by atoms with Gasteiger partial charge in [0.2, 0.25) is 0 Å². The molecular formula is C19H29IN6O2S. The number of rotatable bonds is 7. The number of aromatic nitrogens is 2. The van der Waals surface area contributed by atoms with Crippen LogP contribution < -0.4 is 10.6 Å². The van der Waals surface area contributed by atoms with Gasteiger partial charge >= 0.3 is 0 Å². The Labute approximate surface area is 192 Å². The summed E-state index contributed by atoms with van der Waals surface area (Å²) < 4.78 is 7.71. The van der Waals surface area contributed by atoms with E-state index in [1.165, 1.54) is 11.3 Å². The third kappa shape index (κ3) is 6.96. The molecule has 2 N–H and O–H groups in total. The first-order chi connectivity index (χ1) is 13.7. The number of nitrogens with zero attached hydrogens (tertiary/aromatic N) is 4. The van der Waals surface area contributed by atoms with Crippen LogP contribution in [0.25, 0.3) is 0 Å². The molecule has 1 atom stereocenters. The van der Waals surface area contributed by atoms with Crippen LogP contribution in [0.4, 0.5) is 0 Å². The van der Waals surface area contributed by atoms with E-state index < -0.39 is 0 Å². The van der Waals surface area contributed by atoms with Crippen molar-refractivity contribution in [1.82, 2.24) is 25.3 Å². The fourth-order valence-corrected chi connectivity index (χ4v) is 3.68. The van der Waals surface area contributed by atoms with Gasteiger partial charge in [-0.2, -0.15) is 5.10 Å². The van der Waals surface area contributed by atoms with Gasteiger partial charge in [-0.05, 0) is 24.8 Å². The largest absolute Gasteiger partial charge is 0.370 e. The molecule has 0 bridgehead atoms. The number of hydrogen-bond acceptors (Lipinski definition) is 5. The molecule has 160 valence electrons. The molecule has 1 fully saturated rings. The summed E-state index contributed by atoms with van der Waals surface area (Å²) in [4.78, 5) is 19.7. The summed E-state index contributed by atoms with van der Waals surface area (Å²) in [6.45, 7) is 6.34. The van der Waals surface area contributed by atoms with Gasteiger partial charge in [0, 0.05) is 45.0 Å². The fraction of sp³-hybridized carbons (Fsp3) is 0.526. The highest BCUT2D eigenvalue weighted by Crippen LogP contribution is 2.21. The lowest BCUT2D eigenvalue weighted by Crippen LogP contribution is -2.48. The van der Waals surface area contributed by atoms with E-state index in [0.29, 0.717) is 19.7 Å². The van der Waals surface area contributed by atoms with Crippen molar-refractivity contribution in [2.24, 2.45) is 12.0 Å². The Bertz CT molecular complexity index is 780. The Hall–Kier alpha value is -1.66. The first-order valence-corrected chi connectivity index (χ1v) is 10.5. The highest BCUT2D eigenvalue weighted by molar-refractivity contribution is 14.0. The maximum Gasteiger partial charge on any atom is 0.261 e. The smallest absolute Gasteiger partial charge is 0.261 e. The van der Waals surface area contributed by atoms with E-state index in [9.17, 15) is 4.79 Å². The predicted molar refractivity (Wildman–Crippen MR) is 126 cm³/mol. The summed E-state index contributed by atoms with van der Waals surface area (Å²) in [6, 6.07) is 3.71. The van der Waals surface area contributed by atoms with Gasteiger partial charge in [0.05, 0.1) is 24.2 Å². The van der Waals surface area contributed by atoms with Crippen LogP contribution in [0.3, 0.4) is 0 Å². The second kappa shape index (κ2) is 12.1. The number of thiophene rings is 1. The first-order valence-electron chi connectivity index (χ1n) is 9.62. The van der Waals surface area contributed by atoms with E-state index in [1.54, 1.807) is 4.68 Å². The lowest BCUT2D eigenvalue weighted by Gasteiger charge is -2.34. The minimum atomic E-state index is -0.0154. The molecule has 1 aliphatic heterocycles. The number of carbonyl (C=O) groups excluding carboxylic acids is 1. The average molecular weight is 532 g/mol. The summed E-state index contributed by atoms with van der Waals surface area (Å²) in [7, 11) is 1.91. The summed E-state index contributed by atoms with van der Waals surface area (Å²) in [5, 5.41) is 12.5. The third-order valence-corrected chi connectivity index (χ3v) is 5.29. The van der Waals surface area contributed by atoms with Crippen molar-refractivity contribution in [3.8, 4) is 0 Å². The van der Waals surface area contributed by atoms with Crippen molar-refractivity contribution in [1.29, 1.82) is 0 Å². The molecular weight excluding hydrogens is 503 g/mol. The zero-order valence-electron chi connectivity index (χ0n) is 16.8. The van der Waals surface area contributed by atoms with Crippen molar-refractivity contribution < 1.29 is 9.53 Å². The SMILES string of the molecule is CCNC(=NCCCNC(=O)c1cccs1)N1CCOC(c2cnn(C)c2)C1.I. The van der Waals surface area contributed by atoms with Crippen molar-refractivity contribution in [3.63, 3.8) is 0 Å². The number of halogens is 1. The summed E-state index contributed by atoms with van der Waals surface area (Å²) in [6.07, 6.45) is 4.64. The van der Waals surface area contributed by atoms with Gasteiger partial charge in [0.25, 0.3) is 5.91 Å². The van der Waals surface area contributed by atoms with Gasteiger partial charge in [-0.3, -0.25) is 14.5 Å². The number of guanidine groups is 1. The number of morpholine rings is 1. The minimum absolute atomic E-state index is 0. The van der Waals surface area contributed by atoms with Crippen molar-refractivity contribution in [2.75, 3.05) is 39.3 Å². The molecule has 0 aromatic carbocycles. The quantitative estimate of drug-likeness (QED) is 0.248. The van der Waals surface area contributed by atoms with Gasteiger partial charge in [0.1, 0.15) is 6.10 Å². The molecule has 0 saturated carbocycles. The zero-order valence-corrected chi connectivity index (χ0v) is 20.0. The molecule has 2 aromatic heterocycles. The first kappa shape index (κ1) is 23.6. The third-order valence-electron chi connectivity index (χ3n) is 4.42. The maximum atomic E-state index is 11.9. The molecule has 29 heavy (non-hydrogen) atoms. The molecule has 1 saturated heterocycles. The molecule has 0 aliphatic carbocycles. The van der Waals surface area contributed by atoms with E-state index in [2.05, 4.69) is 27.6 Å². The van der Waals surface area contributed by atoms with E-state index in [4.69, 9.17) is 9.73 Å². The Morgan fingerprint density at radius 2 is 2.31 bits per heavy atom. The van der Waals surface area contributed by atoms with E-state index in [0.717, 1.165) is 42.5 Å². The summed E-state index contributed by atoms with van der Waals surface area (Å²) >= 11 is 1.45. The monoisotopic (exact) mass is 532 g/mol. The van der Waals surface area contributed by atoms with Crippen LogP contribution in [0.1, 0.15) is 34.7 Å². The predicted octanol–water partition coefficient (Wildman–Crippen LogP) is 2.26. The Morgan fingerprint density at radius 1 is 1.45 bits per heavy atom. The van der Waals surface area contributed by atoms with Gasteiger partial charge in [-0.1, -0.05) is 6.07 Å². The Balaban J connectivity index is 0.00000300. The molecule has 8 nitrogen and oxygen atoms in total. The van der Waals surface area contributed by atoms with Crippen LogP contribution in [0.5, 0.6) is 0 Å². The van der Waals surface area contributed by atoms with Crippen LogP contribution in [0.15, 0.2) is 34.9 Å². The van der Waals surface area contributed by atoms with Crippen LogP contribution in [-0.4, -0.2) is 65.9 Å². The number of ether oxygens (including phenoxy) is 1. The Morgan fingerprint density at radius 3 is 3.00 bits per heavy atom. The molecule has 0 radical (unpaired) electrons. The number of aryl methyl sites for hydroxylation is 1. The van der Waals surface area contributed by atoms with Gasteiger partial charge in [-0.15, -0.1) is 35.3 Å². The highest BCUT2D eigenvalue weighted by atomic mass is 127.